The summed E-state index contributed by atoms with van der Waals surface area (Å²) in [5, 5.41) is 7.38. The van der Waals surface area contributed by atoms with E-state index in [1.165, 1.54) is 12.1 Å². The van der Waals surface area contributed by atoms with Crippen molar-refractivity contribution in [2.45, 2.75) is 6.54 Å². The fraction of sp³-hybridized carbons (Fsp3) is 0.0714. The summed E-state index contributed by atoms with van der Waals surface area (Å²) in [5.41, 5.74) is 4.57. The van der Waals surface area contributed by atoms with E-state index in [9.17, 15) is 4.39 Å². The molecule has 1 aromatic heterocycles. The van der Waals surface area contributed by atoms with Gasteiger partial charge in [0.25, 0.3) is 0 Å². The van der Waals surface area contributed by atoms with Gasteiger partial charge in [-0.2, -0.15) is 5.10 Å². The number of hydrogen-bond acceptors (Lipinski definition) is 3. The van der Waals surface area contributed by atoms with Crippen molar-refractivity contribution < 1.29 is 4.39 Å². The zero-order chi connectivity index (χ0) is 14.2. The summed E-state index contributed by atoms with van der Waals surface area (Å²) in [6, 6.07) is 9.89. The van der Waals surface area contributed by atoms with Crippen molar-refractivity contribution in [1.82, 2.24) is 15.7 Å². The summed E-state index contributed by atoms with van der Waals surface area (Å²) in [5.74, 6) is -0.253. The number of thiocarbonyl (C=S) groups is 1. The van der Waals surface area contributed by atoms with E-state index < -0.39 is 0 Å². The van der Waals surface area contributed by atoms with Crippen molar-refractivity contribution in [1.29, 1.82) is 0 Å². The van der Waals surface area contributed by atoms with E-state index in [1.54, 1.807) is 30.7 Å². The zero-order valence-electron chi connectivity index (χ0n) is 10.6. The van der Waals surface area contributed by atoms with Crippen molar-refractivity contribution in [2.24, 2.45) is 5.10 Å². The van der Waals surface area contributed by atoms with Crippen molar-refractivity contribution in [2.75, 3.05) is 0 Å². The highest BCUT2D eigenvalue weighted by atomic mass is 32.1. The van der Waals surface area contributed by atoms with Crippen LogP contribution in [-0.2, 0) is 6.54 Å². The normalized spacial score (nSPS) is 10.4. The average Bonchev–Trinajstić information content (AvgIpc) is 2.48. The number of aromatic nitrogens is 1. The first-order valence-corrected chi connectivity index (χ1v) is 6.36. The SMILES string of the molecule is Fc1ccc(CNC(=S)N/N=C\c2ccncc2)cc1. The summed E-state index contributed by atoms with van der Waals surface area (Å²) in [7, 11) is 0. The van der Waals surface area contributed by atoms with Gasteiger partial charge in [0.05, 0.1) is 6.21 Å². The molecule has 0 aliphatic heterocycles. The van der Waals surface area contributed by atoms with Crippen molar-refractivity contribution >= 4 is 23.5 Å². The predicted octanol–water partition coefficient (Wildman–Crippen LogP) is 2.22. The van der Waals surface area contributed by atoms with Gasteiger partial charge in [-0.3, -0.25) is 10.4 Å². The quantitative estimate of drug-likeness (QED) is 0.514. The van der Waals surface area contributed by atoms with Gasteiger partial charge in [-0.1, -0.05) is 12.1 Å². The second-order valence-corrected chi connectivity index (χ2v) is 4.37. The Morgan fingerprint density at radius 2 is 1.90 bits per heavy atom. The fourth-order valence-electron chi connectivity index (χ4n) is 1.44. The molecule has 0 bridgehead atoms. The molecule has 0 amide bonds. The van der Waals surface area contributed by atoms with Gasteiger partial charge in [0.1, 0.15) is 5.82 Å². The molecule has 0 saturated carbocycles. The molecule has 4 nitrogen and oxygen atoms in total. The lowest BCUT2D eigenvalue weighted by Crippen LogP contribution is -2.31. The second-order valence-electron chi connectivity index (χ2n) is 3.96. The minimum Gasteiger partial charge on any atom is -0.357 e. The minimum atomic E-state index is -0.253. The minimum absolute atomic E-state index is 0.253. The molecule has 2 aromatic rings. The van der Waals surface area contributed by atoms with Crippen LogP contribution in [-0.4, -0.2) is 16.3 Å². The lowest BCUT2D eigenvalue weighted by atomic mass is 10.2. The third-order valence-corrected chi connectivity index (χ3v) is 2.69. The third-order valence-electron chi connectivity index (χ3n) is 2.45. The Hall–Kier alpha value is -2.34. The molecule has 0 atom stereocenters. The van der Waals surface area contributed by atoms with Crippen LogP contribution in [0.15, 0.2) is 53.9 Å². The highest BCUT2D eigenvalue weighted by Gasteiger charge is 1.96. The van der Waals surface area contributed by atoms with E-state index in [1.807, 2.05) is 12.1 Å². The number of hydrogen-bond donors (Lipinski definition) is 2. The number of benzene rings is 1. The number of hydrazone groups is 1. The Morgan fingerprint density at radius 1 is 1.20 bits per heavy atom. The standard InChI is InChI=1S/C14H13FN4S/c15-13-3-1-11(2-4-13)9-17-14(20)19-18-10-12-5-7-16-8-6-12/h1-8,10H,9H2,(H2,17,19,20)/b18-10-. The van der Waals surface area contributed by atoms with Crippen LogP contribution < -0.4 is 10.7 Å². The molecular weight excluding hydrogens is 275 g/mol. The topological polar surface area (TPSA) is 49.3 Å². The number of nitrogens with zero attached hydrogens (tertiary/aromatic N) is 2. The molecular formula is C14H13FN4S. The van der Waals surface area contributed by atoms with Crippen LogP contribution in [0.25, 0.3) is 0 Å². The Morgan fingerprint density at radius 3 is 2.60 bits per heavy atom. The first-order valence-electron chi connectivity index (χ1n) is 5.95. The van der Waals surface area contributed by atoms with Crippen molar-refractivity contribution in [3.05, 3.63) is 65.7 Å². The third kappa shape index (κ3) is 4.74. The van der Waals surface area contributed by atoms with Gasteiger partial charge >= 0.3 is 0 Å². The Balaban J connectivity index is 1.76. The molecule has 20 heavy (non-hydrogen) atoms. The molecule has 1 aromatic carbocycles. The summed E-state index contributed by atoms with van der Waals surface area (Å²) in [6.07, 6.45) is 5.02. The van der Waals surface area contributed by atoms with Gasteiger partial charge in [-0.15, -0.1) is 0 Å². The van der Waals surface area contributed by atoms with Crippen LogP contribution in [0.1, 0.15) is 11.1 Å². The summed E-state index contributed by atoms with van der Waals surface area (Å²) in [4.78, 5) is 3.91. The molecule has 2 rings (SSSR count). The van der Waals surface area contributed by atoms with E-state index in [0.29, 0.717) is 11.7 Å². The molecule has 6 heteroatoms. The van der Waals surface area contributed by atoms with Gasteiger partial charge in [-0.25, -0.2) is 4.39 Å². The van der Waals surface area contributed by atoms with Crippen LogP contribution in [0.3, 0.4) is 0 Å². The monoisotopic (exact) mass is 288 g/mol. The summed E-state index contributed by atoms with van der Waals surface area (Å²) < 4.78 is 12.7. The Labute approximate surface area is 121 Å². The van der Waals surface area contributed by atoms with Crippen LogP contribution in [0.5, 0.6) is 0 Å². The molecule has 0 unspecified atom stereocenters. The molecule has 102 valence electrons. The Kier molecular flexibility index (Phi) is 5.14. The predicted molar refractivity (Wildman–Crippen MR) is 80.8 cm³/mol. The average molecular weight is 288 g/mol. The van der Waals surface area contributed by atoms with Crippen LogP contribution in [0.4, 0.5) is 4.39 Å². The van der Waals surface area contributed by atoms with Crippen molar-refractivity contribution in [3.63, 3.8) is 0 Å². The van der Waals surface area contributed by atoms with Crippen LogP contribution in [0, 0.1) is 5.82 Å². The highest BCUT2D eigenvalue weighted by molar-refractivity contribution is 7.80. The number of halogens is 1. The van der Waals surface area contributed by atoms with Crippen molar-refractivity contribution in [3.8, 4) is 0 Å². The van der Waals surface area contributed by atoms with E-state index >= 15 is 0 Å². The molecule has 0 saturated heterocycles. The van der Waals surface area contributed by atoms with Crippen LogP contribution in [0.2, 0.25) is 0 Å². The maximum atomic E-state index is 12.7. The van der Waals surface area contributed by atoms with Gasteiger partial charge in [0, 0.05) is 18.9 Å². The number of pyridine rings is 1. The summed E-state index contributed by atoms with van der Waals surface area (Å²) >= 11 is 5.07. The van der Waals surface area contributed by atoms with Gasteiger partial charge in [0.2, 0.25) is 0 Å². The summed E-state index contributed by atoms with van der Waals surface area (Å²) in [6.45, 7) is 0.511. The Bertz CT molecular complexity index is 584. The molecule has 2 N–H and O–H groups in total. The first-order chi connectivity index (χ1) is 9.74. The lowest BCUT2D eigenvalue weighted by Gasteiger charge is -2.06. The van der Waals surface area contributed by atoms with Crippen LogP contribution >= 0.6 is 12.2 Å². The molecule has 0 spiro atoms. The maximum Gasteiger partial charge on any atom is 0.187 e. The highest BCUT2D eigenvalue weighted by Crippen LogP contribution is 2.01. The van der Waals surface area contributed by atoms with E-state index in [0.717, 1.165) is 11.1 Å². The zero-order valence-corrected chi connectivity index (χ0v) is 11.4. The molecule has 0 aliphatic carbocycles. The van der Waals surface area contributed by atoms with Gasteiger partial charge in [-0.05, 0) is 47.6 Å². The first kappa shape index (κ1) is 14.1. The number of nitrogens with one attached hydrogen (secondary N) is 2. The van der Waals surface area contributed by atoms with Gasteiger partial charge < -0.3 is 5.32 Å². The second kappa shape index (κ2) is 7.30. The van der Waals surface area contributed by atoms with E-state index in [-0.39, 0.29) is 5.82 Å². The largest absolute Gasteiger partial charge is 0.357 e. The van der Waals surface area contributed by atoms with E-state index in [4.69, 9.17) is 12.2 Å². The lowest BCUT2D eigenvalue weighted by molar-refractivity contribution is 0.626. The fourth-order valence-corrected chi connectivity index (χ4v) is 1.56. The smallest absolute Gasteiger partial charge is 0.187 e. The molecule has 0 aliphatic rings. The molecule has 0 radical (unpaired) electrons. The maximum absolute atomic E-state index is 12.7. The number of rotatable bonds is 4. The molecule has 1 heterocycles. The van der Waals surface area contributed by atoms with Gasteiger partial charge in [0.15, 0.2) is 5.11 Å². The van der Waals surface area contributed by atoms with E-state index in [2.05, 4.69) is 20.8 Å². The molecule has 0 fully saturated rings.